The molecule has 2 rings (SSSR count). The summed E-state index contributed by atoms with van der Waals surface area (Å²) in [7, 11) is -1.27. The Balaban J connectivity index is 0.00000364. The molecule has 0 bridgehead atoms. The quantitative estimate of drug-likeness (QED) is 0.309. The number of benzene rings is 1. The third-order valence-electron chi connectivity index (χ3n) is 4.46. The van der Waals surface area contributed by atoms with Crippen LogP contribution in [0.3, 0.4) is 0 Å². The molecule has 1 fully saturated rings. The lowest BCUT2D eigenvalue weighted by atomic mass is 10.1. The number of aliphatic imine (C=N–C) groups is 1. The molecule has 0 aromatic heterocycles. The first-order valence-electron chi connectivity index (χ1n) is 8.90. The molecule has 1 heterocycles. The van der Waals surface area contributed by atoms with Crippen molar-refractivity contribution < 1.29 is 13.2 Å². The van der Waals surface area contributed by atoms with E-state index in [1.54, 1.807) is 19.2 Å². The Bertz CT molecular complexity index is 750. The number of nitrogens with one attached hydrogen (secondary N) is 3. The number of rotatable bonds is 6. The molecule has 1 aliphatic rings. The first-order valence-corrected chi connectivity index (χ1v) is 10.7. The monoisotopic (exact) mass is 508 g/mol. The van der Waals surface area contributed by atoms with Crippen LogP contribution in [0.25, 0.3) is 0 Å². The van der Waals surface area contributed by atoms with Crippen molar-refractivity contribution in [3.63, 3.8) is 0 Å². The van der Waals surface area contributed by atoms with Gasteiger partial charge < -0.3 is 16.0 Å². The predicted molar refractivity (Wildman–Crippen MR) is 119 cm³/mol. The molecule has 1 saturated heterocycles. The minimum atomic E-state index is -2.92. The highest BCUT2D eigenvalue weighted by Gasteiger charge is 2.28. The smallest absolute Gasteiger partial charge is 0.251 e. The highest BCUT2D eigenvalue weighted by Crippen LogP contribution is 2.11. The Kier molecular flexibility index (Phi) is 9.51. The zero-order chi connectivity index (χ0) is 19.2. The standard InChI is InChI=1S/C18H28N4O3S.HI/c1-4-13(2)21-17(23)15-7-5-14(6-8-15)11-20-18(19-3)22-16-9-10-26(24,25)12-16;/h5-8,13,16H,4,9-12H2,1-3H3,(H,21,23)(H2,19,20,22);1H. The van der Waals surface area contributed by atoms with Gasteiger partial charge >= 0.3 is 0 Å². The van der Waals surface area contributed by atoms with Gasteiger partial charge in [0.05, 0.1) is 11.5 Å². The number of carbonyl (C=O) groups is 1. The summed E-state index contributed by atoms with van der Waals surface area (Å²) in [6.07, 6.45) is 1.49. The molecule has 1 aliphatic heterocycles. The van der Waals surface area contributed by atoms with Gasteiger partial charge in [-0.3, -0.25) is 9.79 Å². The van der Waals surface area contributed by atoms with Crippen LogP contribution >= 0.6 is 24.0 Å². The molecule has 2 atom stereocenters. The van der Waals surface area contributed by atoms with Gasteiger partial charge in [-0.25, -0.2) is 8.42 Å². The highest BCUT2D eigenvalue weighted by molar-refractivity contribution is 14.0. The van der Waals surface area contributed by atoms with Gasteiger partial charge in [-0.2, -0.15) is 0 Å². The Morgan fingerprint density at radius 3 is 2.48 bits per heavy atom. The van der Waals surface area contributed by atoms with Gasteiger partial charge in [0.2, 0.25) is 0 Å². The second-order valence-electron chi connectivity index (χ2n) is 6.65. The SMILES string of the molecule is CCC(C)NC(=O)c1ccc(CNC(=NC)NC2CCS(=O)(=O)C2)cc1.I. The number of halogens is 1. The average Bonchev–Trinajstić information content (AvgIpc) is 2.97. The summed E-state index contributed by atoms with van der Waals surface area (Å²) in [6.45, 7) is 4.54. The van der Waals surface area contributed by atoms with Crippen molar-refractivity contribution in [3.8, 4) is 0 Å². The fourth-order valence-corrected chi connectivity index (χ4v) is 4.34. The van der Waals surface area contributed by atoms with E-state index in [4.69, 9.17) is 0 Å². The van der Waals surface area contributed by atoms with Crippen LogP contribution in [-0.2, 0) is 16.4 Å². The second kappa shape index (κ2) is 10.8. The summed E-state index contributed by atoms with van der Waals surface area (Å²) >= 11 is 0. The normalized spacial score (nSPS) is 19.7. The van der Waals surface area contributed by atoms with Gasteiger partial charge in [-0.1, -0.05) is 19.1 Å². The molecule has 1 amide bonds. The van der Waals surface area contributed by atoms with Crippen molar-refractivity contribution in [3.05, 3.63) is 35.4 Å². The Labute approximate surface area is 178 Å². The maximum atomic E-state index is 12.1. The minimum absolute atomic E-state index is 0. The molecule has 0 aliphatic carbocycles. The van der Waals surface area contributed by atoms with Gasteiger partial charge in [0, 0.05) is 31.2 Å². The average molecular weight is 508 g/mol. The van der Waals surface area contributed by atoms with E-state index >= 15 is 0 Å². The molecule has 152 valence electrons. The predicted octanol–water partition coefficient (Wildman–Crippen LogP) is 1.69. The fraction of sp³-hybridized carbons (Fsp3) is 0.556. The fourth-order valence-electron chi connectivity index (χ4n) is 2.67. The third-order valence-corrected chi connectivity index (χ3v) is 6.23. The first kappa shape index (κ1) is 23.7. The number of guanidine groups is 1. The van der Waals surface area contributed by atoms with Gasteiger partial charge in [0.1, 0.15) is 0 Å². The first-order chi connectivity index (χ1) is 12.3. The Morgan fingerprint density at radius 1 is 1.30 bits per heavy atom. The van der Waals surface area contributed by atoms with Crippen molar-refractivity contribution in [2.75, 3.05) is 18.6 Å². The number of carbonyl (C=O) groups excluding carboxylic acids is 1. The van der Waals surface area contributed by atoms with Gasteiger partial charge in [0.25, 0.3) is 5.91 Å². The molecule has 3 N–H and O–H groups in total. The van der Waals surface area contributed by atoms with Crippen LogP contribution in [0.5, 0.6) is 0 Å². The van der Waals surface area contributed by atoms with E-state index in [-0.39, 0.29) is 53.5 Å². The molecule has 0 saturated carbocycles. The van der Waals surface area contributed by atoms with Crippen LogP contribution in [0.4, 0.5) is 0 Å². The molecule has 0 radical (unpaired) electrons. The maximum Gasteiger partial charge on any atom is 0.251 e. The molecule has 1 aromatic rings. The van der Waals surface area contributed by atoms with E-state index < -0.39 is 9.84 Å². The number of hydrogen-bond acceptors (Lipinski definition) is 4. The van der Waals surface area contributed by atoms with Crippen molar-refractivity contribution in [2.45, 2.75) is 45.3 Å². The van der Waals surface area contributed by atoms with Crippen LogP contribution in [0.15, 0.2) is 29.3 Å². The summed E-state index contributed by atoms with van der Waals surface area (Å²) in [4.78, 5) is 16.2. The lowest BCUT2D eigenvalue weighted by Gasteiger charge is -2.16. The molecule has 1 aromatic carbocycles. The van der Waals surface area contributed by atoms with Crippen LogP contribution in [-0.4, -0.2) is 50.9 Å². The molecule has 2 unspecified atom stereocenters. The number of hydrogen-bond donors (Lipinski definition) is 3. The van der Waals surface area contributed by atoms with E-state index in [0.717, 1.165) is 12.0 Å². The largest absolute Gasteiger partial charge is 0.353 e. The number of amides is 1. The molecule has 9 heteroatoms. The van der Waals surface area contributed by atoms with Crippen molar-refractivity contribution in [2.24, 2.45) is 4.99 Å². The molecular formula is C18H29IN4O3S. The van der Waals surface area contributed by atoms with E-state index in [0.29, 0.717) is 24.5 Å². The Hall–Kier alpha value is -1.36. The van der Waals surface area contributed by atoms with Gasteiger partial charge in [-0.15, -0.1) is 24.0 Å². The van der Waals surface area contributed by atoms with Gasteiger partial charge in [0.15, 0.2) is 15.8 Å². The van der Waals surface area contributed by atoms with E-state index in [9.17, 15) is 13.2 Å². The third kappa shape index (κ3) is 7.65. The summed E-state index contributed by atoms with van der Waals surface area (Å²) in [6, 6.07) is 7.44. The van der Waals surface area contributed by atoms with E-state index in [1.807, 2.05) is 26.0 Å². The molecule has 27 heavy (non-hydrogen) atoms. The second-order valence-corrected chi connectivity index (χ2v) is 8.88. The highest BCUT2D eigenvalue weighted by atomic mass is 127. The summed E-state index contributed by atoms with van der Waals surface area (Å²) in [5, 5.41) is 9.26. The molecule has 7 nitrogen and oxygen atoms in total. The van der Waals surface area contributed by atoms with E-state index in [1.165, 1.54) is 0 Å². The summed E-state index contributed by atoms with van der Waals surface area (Å²) in [5.74, 6) is 0.875. The molecular weight excluding hydrogens is 479 g/mol. The molecule has 0 spiro atoms. The van der Waals surface area contributed by atoms with Crippen molar-refractivity contribution >= 4 is 45.7 Å². The van der Waals surface area contributed by atoms with Crippen LogP contribution in [0, 0.1) is 0 Å². The van der Waals surface area contributed by atoms with Crippen LogP contribution < -0.4 is 16.0 Å². The van der Waals surface area contributed by atoms with Crippen LogP contribution in [0.1, 0.15) is 42.6 Å². The van der Waals surface area contributed by atoms with Crippen molar-refractivity contribution in [1.82, 2.24) is 16.0 Å². The zero-order valence-electron chi connectivity index (χ0n) is 16.0. The number of sulfone groups is 1. The summed E-state index contributed by atoms with van der Waals surface area (Å²) in [5.41, 5.74) is 1.64. The lowest BCUT2D eigenvalue weighted by molar-refractivity contribution is 0.0939. The summed E-state index contributed by atoms with van der Waals surface area (Å²) < 4.78 is 23.1. The Morgan fingerprint density at radius 2 is 1.96 bits per heavy atom. The zero-order valence-corrected chi connectivity index (χ0v) is 19.1. The van der Waals surface area contributed by atoms with E-state index in [2.05, 4.69) is 20.9 Å². The lowest BCUT2D eigenvalue weighted by Crippen LogP contribution is -2.43. The maximum absolute atomic E-state index is 12.1. The minimum Gasteiger partial charge on any atom is -0.353 e. The van der Waals surface area contributed by atoms with Gasteiger partial charge in [-0.05, 0) is 37.5 Å². The van der Waals surface area contributed by atoms with Crippen LogP contribution in [0.2, 0.25) is 0 Å². The van der Waals surface area contributed by atoms with Crippen molar-refractivity contribution in [1.29, 1.82) is 0 Å². The number of nitrogens with zero attached hydrogens (tertiary/aromatic N) is 1. The topological polar surface area (TPSA) is 99.7 Å².